The summed E-state index contributed by atoms with van der Waals surface area (Å²) in [6.45, 7) is 0. The zero-order valence-corrected chi connectivity index (χ0v) is 11.7. The maximum absolute atomic E-state index is 11.3. The molecule has 1 aromatic carbocycles. The number of benzene rings is 1. The number of fused-ring (bicyclic) bond motifs is 4. The minimum atomic E-state index is 0.0123. The predicted molar refractivity (Wildman–Crippen MR) is 77.5 cm³/mol. The van der Waals surface area contributed by atoms with Crippen molar-refractivity contribution in [3.8, 4) is 0 Å². The molecule has 0 saturated heterocycles. The molecular weight excluding hydrogens is 254 g/mol. The van der Waals surface area contributed by atoms with Gasteiger partial charge in [0.1, 0.15) is 6.29 Å². The SMILES string of the molecule is O=CC12CCC(c3nc4ccccc4s3)(CC1)CC2. The second-order valence-corrected chi connectivity index (χ2v) is 7.28. The van der Waals surface area contributed by atoms with Gasteiger partial charge >= 0.3 is 0 Å². The minimum absolute atomic E-state index is 0.0123. The molecule has 19 heavy (non-hydrogen) atoms. The van der Waals surface area contributed by atoms with Crippen molar-refractivity contribution in [3.05, 3.63) is 29.3 Å². The van der Waals surface area contributed by atoms with Gasteiger partial charge in [-0.05, 0) is 50.7 Å². The van der Waals surface area contributed by atoms with E-state index < -0.39 is 0 Å². The van der Waals surface area contributed by atoms with Crippen LogP contribution in [-0.2, 0) is 10.2 Å². The first-order chi connectivity index (χ1) is 9.25. The smallest absolute Gasteiger partial charge is 0.126 e. The fourth-order valence-corrected chi connectivity index (χ4v) is 5.05. The van der Waals surface area contributed by atoms with Gasteiger partial charge in [0, 0.05) is 10.8 Å². The molecule has 2 aromatic rings. The Balaban J connectivity index is 1.74. The highest BCUT2D eigenvalue weighted by Crippen LogP contribution is 2.57. The Morgan fingerprint density at radius 2 is 1.74 bits per heavy atom. The summed E-state index contributed by atoms with van der Waals surface area (Å²) in [5, 5.41) is 1.31. The third-order valence-corrected chi connectivity index (χ3v) is 6.58. The van der Waals surface area contributed by atoms with Gasteiger partial charge in [0.2, 0.25) is 0 Å². The lowest BCUT2D eigenvalue weighted by molar-refractivity contribution is -0.122. The largest absolute Gasteiger partial charge is 0.303 e. The van der Waals surface area contributed by atoms with Gasteiger partial charge in [0.05, 0.1) is 15.2 Å². The number of aromatic nitrogens is 1. The van der Waals surface area contributed by atoms with Gasteiger partial charge < -0.3 is 4.79 Å². The maximum atomic E-state index is 11.3. The Morgan fingerprint density at radius 1 is 1.05 bits per heavy atom. The molecule has 2 bridgehead atoms. The van der Waals surface area contributed by atoms with Crippen LogP contribution < -0.4 is 0 Å². The molecule has 0 unspecified atom stereocenters. The fourth-order valence-electron chi connectivity index (χ4n) is 3.81. The molecule has 0 N–H and O–H groups in total. The number of rotatable bonds is 2. The van der Waals surface area contributed by atoms with Crippen molar-refractivity contribution >= 4 is 27.8 Å². The first kappa shape index (κ1) is 11.6. The molecule has 0 amide bonds. The predicted octanol–water partition coefficient (Wildman–Crippen LogP) is 4.09. The normalized spacial score (nSPS) is 33.7. The van der Waals surface area contributed by atoms with E-state index in [2.05, 4.69) is 24.3 Å². The Bertz CT molecular complexity index is 587. The molecule has 2 nitrogen and oxygen atoms in total. The topological polar surface area (TPSA) is 30.0 Å². The Hall–Kier alpha value is -1.22. The second kappa shape index (κ2) is 3.89. The van der Waals surface area contributed by atoms with E-state index >= 15 is 0 Å². The summed E-state index contributed by atoms with van der Waals surface area (Å²) in [7, 11) is 0. The molecule has 0 spiro atoms. The number of thiazole rings is 1. The molecule has 3 heteroatoms. The zero-order chi connectivity index (χ0) is 12.9. The molecule has 1 aromatic heterocycles. The van der Waals surface area contributed by atoms with Gasteiger partial charge in [0.25, 0.3) is 0 Å². The highest BCUT2D eigenvalue weighted by atomic mass is 32.1. The number of carbonyl (C=O) groups excluding carboxylic acids is 1. The summed E-state index contributed by atoms with van der Waals surface area (Å²) < 4.78 is 1.30. The quantitative estimate of drug-likeness (QED) is 0.770. The van der Waals surface area contributed by atoms with E-state index in [1.807, 2.05) is 11.3 Å². The molecule has 3 fully saturated rings. The van der Waals surface area contributed by atoms with Gasteiger partial charge in [-0.25, -0.2) is 4.98 Å². The molecule has 1 heterocycles. The molecule has 98 valence electrons. The highest BCUT2D eigenvalue weighted by Gasteiger charge is 2.50. The molecule has 3 aliphatic carbocycles. The van der Waals surface area contributed by atoms with Crippen molar-refractivity contribution < 1.29 is 4.79 Å². The average molecular weight is 271 g/mol. The fraction of sp³-hybridized carbons (Fsp3) is 0.500. The van der Waals surface area contributed by atoms with Crippen molar-refractivity contribution in [2.24, 2.45) is 5.41 Å². The lowest BCUT2D eigenvalue weighted by Crippen LogP contribution is -2.44. The standard InChI is InChI=1S/C16H17NOS/c18-11-15-5-8-16(9-6-15,10-7-15)14-17-12-3-1-2-4-13(12)19-14/h1-4,11H,5-10H2. The summed E-state index contributed by atoms with van der Waals surface area (Å²) in [5.74, 6) is 0. The van der Waals surface area contributed by atoms with Gasteiger partial charge in [0.15, 0.2) is 0 Å². The second-order valence-electron chi connectivity index (χ2n) is 6.25. The van der Waals surface area contributed by atoms with Crippen LogP contribution in [0.5, 0.6) is 0 Å². The third-order valence-electron chi connectivity index (χ3n) is 5.30. The first-order valence-corrected chi connectivity index (χ1v) is 7.90. The van der Waals surface area contributed by atoms with Crippen LogP contribution in [0.4, 0.5) is 0 Å². The van der Waals surface area contributed by atoms with Gasteiger partial charge in [-0.15, -0.1) is 11.3 Å². The Labute approximate surface area is 116 Å². The van der Waals surface area contributed by atoms with Crippen LogP contribution in [0.2, 0.25) is 0 Å². The summed E-state index contributed by atoms with van der Waals surface area (Å²) in [5.41, 5.74) is 1.42. The number of hydrogen-bond acceptors (Lipinski definition) is 3. The number of hydrogen-bond donors (Lipinski definition) is 0. The zero-order valence-electron chi connectivity index (χ0n) is 10.9. The Morgan fingerprint density at radius 3 is 2.37 bits per heavy atom. The lowest BCUT2D eigenvalue weighted by atomic mass is 9.54. The monoisotopic (exact) mass is 271 g/mol. The van der Waals surface area contributed by atoms with Crippen LogP contribution in [0.25, 0.3) is 10.2 Å². The van der Waals surface area contributed by atoms with Gasteiger partial charge in [-0.2, -0.15) is 0 Å². The van der Waals surface area contributed by atoms with Crippen LogP contribution in [0.15, 0.2) is 24.3 Å². The van der Waals surface area contributed by atoms with E-state index in [0.29, 0.717) is 0 Å². The van der Waals surface area contributed by atoms with Crippen LogP contribution >= 0.6 is 11.3 Å². The maximum Gasteiger partial charge on any atom is 0.126 e. The molecule has 5 rings (SSSR count). The number of para-hydroxylation sites is 1. The first-order valence-electron chi connectivity index (χ1n) is 7.08. The molecule has 0 aliphatic heterocycles. The lowest BCUT2D eigenvalue weighted by Gasteiger charge is -2.50. The van der Waals surface area contributed by atoms with E-state index in [9.17, 15) is 4.79 Å². The van der Waals surface area contributed by atoms with Crippen molar-refractivity contribution in [2.45, 2.75) is 43.9 Å². The van der Waals surface area contributed by atoms with Crippen molar-refractivity contribution in [1.82, 2.24) is 4.98 Å². The molecule has 0 atom stereocenters. The van der Waals surface area contributed by atoms with E-state index in [1.54, 1.807) is 0 Å². The van der Waals surface area contributed by atoms with Crippen molar-refractivity contribution in [3.63, 3.8) is 0 Å². The molecule has 3 aliphatic rings. The van der Waals surface area contributed by atoms with E-state index in [4.69, 9.17) is 4.98 Å². The van der Waals surface area contributed by atoms with Crippen molar-refractivity contribution in [2.75, 3.05) is 0 Å². The molecule has 0 radical (unpaired) electrons. The van der Waals surface area contributed by atoms with E-state index in [1.165, 1.54) is 16.0 Å². The summed E-state index contributed by atoms with van der Waals surface area (Å²) in [6.07, 6.45) is 7.85. The van der Waals surface area contributed by atoms with Crippen LogP contribution in [-0.4, -0.2) is 11.3 Å². The van der Waals surface area contributed by atoms with Gasteiger partial charge in [-0.3, -0.25) is 0 Å². The van der Waals surface area contributed by atoms with E-state index in [0.717, 1.165) is 44.0 Å². The van der Waals surface area contributed by atoms with E-state index in [-0.39, 0.29) is 10.8 Å². The number of aldehydes is 1. The minimum Gasteiger partial charge on any atom is -0.303 e. The summed E-state index contributed by atoms with van der Waals surface area (Å²) in [4.78, 5) is 16.2. The van der Waals surface area contributed by atoms with Crippen LogP contribution in [0.3, 0.4) is 0 Å². The van der Waals surface area contributed by atoms with Crippen LogP contribution in [0, 0.1) is 5.41 Å². The van der Waals surface area contributed by atoms with Gasteiger partial charge in [-0.1, -0.05) is 12.1 Å². The molecule has 3 saturated carbocycles. The summed E-state index contributed by atoms with van der Waals surface area (Å²) in [6, 6.07) is 8.41. The molecular formula is C16H17NOS. The highest BCUT2D eigenvalue weighted by molar-refractivity contribution is 7.18. The third kappa shape index (κ3) is 1.61. The Kier molecular flexibility index (Phi) is 2.37. The number of nitrogens with zero attached hydrogens (tertiary/aromatic N) is 1. The van der Waals surface area contributed by atoms with Crippen molar-refractivity contribution in [1.29, 1.82) is 0 Å². The number of carbonyl (C=O) groups is 1. The summed E-state index contributed by atoms with van der Waals surface area (Å²) >= 11 is 1.86. The van der Waals surface area contributed by atoms with Crippen LogP contribution in [0.1, 0.15) is 43.5 Å². The average Bonchev–Trinajstić information content (AvgIpc) is 2.94.